The summed E-state index contributed by atoms with van der Waals surface area (Å²) in [6.07, 6.45) is 3.17. The predicted octanol–water partition coefficient (Wildman–Crippen LogP) is 4.57. The van der Waals surface area contributed by atoms with Crippen molar-refractivity contribution in [1.29, 1.82) is 0 Å². The lowest BCUT2D eigenvalue weighted by molar-refractivity contribution is 0.0423. The van der Waals surface area contributed by atoms with Gasteiger partial charge in [-0.2, -0.15) is 4.98 Å². The number of nitrogens with one attached hydrogen (secondary N) is 1. The second-order valence-electron chi connectivity index (χ2n) is 12.5. The Balaban J connectivity index is 1.74. The van der Waals surface area contributed by atoms with E-state index in [4.69, 9.17) is 18.9 Å². The van der Waals surface area contributed by atoms with Crippen molar-refractivity contribution in [3.05, 3.63) is 52.2 Å². The summed E-state index contributed by atoms with van der Waals surface area (Å²) in [5.41, 5.74) is 2.39. The number of hydrogen-bond acceptors (Lipinski definition) is 8. The third kappa shape index (κ3) is 6.30. The van der Waals surface area contributed by atoms with E-state index in [1.165, 1.54) is 17.9 Å². The lowest BCUT2D eigenvalue weighted by Crippen LogP contribution is -2.55. The van der Waals surface area contributed by atoms with Crippen LogP contribution in [0.1, 0.15) is 52.8 Å². The summed E-state index contributed by atoms with van der Waals surface area (Å²) < 4.78 is 19.2. The average molecular weight is 554 g/mol. The van der Waals surface area contributed by atoms with Crippen LogP contribution in [0.15, 0.2) is 35.4 Å². The first-order valence-electron chi connectivity index (χ1n) is 13.2. The van der Waals surface area contributed by atoms with Crippen LogP contribution in [0.3, 0.4) is 0 Å². The molecule has 3 aromatic heterocycles. The van der Waals surface area contributed by atoms with E-state index in [0.717, 1.165) is 11.3 Å². The Hall–Kier alpha value is -3.31. The van der Waals surface area contributed by atoms with E-state index in [2.05, 4.69) is 49.1 Å². The maximum atomic E-state index is 13.0. The minimum absolute atomic E-state index is 0.0160. The third-order valence-electron chi connectivity index (χ3n) is 7.33. The molecule has 4 rings (SSSR count). The molecular formula is C28H39N5O5Si. The maximum Gasteiger partial charge on any atom is 0.407 e. The van der Waals surface area contributed by atoms with E-state index in [1.54, 1.807) is 18.3 Å². The van der Waals surface area contributed by atoms with Crippen LogP contribution >= 0.6 is 0 Å². The van der Waals surface area contributed by atoms with Gasteiger partial charge in [0.2, 0.25) is 5.88 Å². The molecule has 0 bridgehead atoms. The largest absolute Gasteiger partial charge is 0.481 e. The molecular weight excluding hydrogens is 514 g/mol. The number of amides is 1. The molecule has 3 heterocycles. The zero-order chi connectivity index (χ0) is 28.8. The van der Waals surface area contributed by atoms with Gasteiger partial charge in [-0.1, -0.05) is 20.8 Å². The van der Waals surface area contributed by atoms with E-state index in [-0.39, 0.29) is 22.7 Å². The number of aromatic nitrogens is 4. The van der Waals surface area contributed by atoms with Gasteiger partial charge in [-0.3, -0.25) is 14.3 Å². The Kier molecular flexibility index (Phi) is 7.61. The molecule has 2 atom stereocenters. The molecule has 1 aliphatic carbocycles. The molecule has 0 spiro atoms. The first-order chi connectivity index (χ1) is 18.1. The number of rotatable bonds is 5. The van der Waals surface area contributed by atoms with Crippen molar-refractivity contribution >= 4 is 25.6 Å². The zero-order valence-corrected chi connectivity index (χ0v) is 25.3. The molecule has 0 radical (unpaired) electrons. The summed E-state index contributed by atoms with van der Waals surface area (Å²) in [5, 5.41) is 3.03. The fourth-order valence-corrected chi connectivity index (χ4v) is 5.69. The fourth-order valence-electron chi connectivity index (χ4n) is 4.33. The SMILES string of the molecule is COc1ccc2ncc(=O)n(-c3cnc4c(c3)C[C@H](O[Si](C)(C)C(C)(C)C)[C@@H](NC(=O)OC(C)(C)C)C4)c2n1. The number of hydrogen-bond donors (Lipinski definition) is 1. The van der Waals surface area contributed by atoms with Gasteiger partial charge in [0.1, 0.15) is 11.1 Å². The molecule has 1 aliphatic rings. The Labute approximate surface area is 230 Å². The Bertz CT molecular complexity index is 1440. The molecule has 0 fully saturated rings. The number of pyridine rings is 2. The van der Waals surface area contributed by atoms with Gasteiger partial charge in [0.05, 0.1) is 37.3 Å². The third-order valence-corrected chi connectivity index (χ3v) is 11.8. The number of nitrogens with zero attached hydrogens (tertiary/aromatic N) is 4. The molecule has 0 aromatic carbocycles. The van der Waals surface area contributed by atoms with Crippen molar-refractivity contribution in [2.75, 3.05) is 7.11 Å². The van der Waals surface area contributed by atoms with Gasteiger partial charge in [0.25, 0.3) is 5.56 Å². The minimum Gasteiger partial charge on any atom is -0.481 e. The Morgan fingerprint density at radius 1 is 1.08 bits per heavy atom. The van der Waals surface area contributed by atoms with Crippen LogP contribution in [0, 0.1) is 0 Å². The number of alkyl carbamates (subject to hydrolysis) is 1. The molecule has 11 heteroatoms. The summed E-state index contributed by atoms with van der Waals surface area (Å²) in [7, 11) is -0.661. The van der Waals surface area contributed by atoms with Crippen LogP contribution in [-0.2, 0) is 22.0 Å². The summed E-state index contributed by atoms with van der Waals surface area (Å²) in [6, 6.07) is 5.11. The highest BCUT2D eigenvalue weighted by atomic mass is 28.4. The maximum absolute atomic E-state index is 13.0. The van der Waals surface area contributed by atoms with Crippen LogP contribution in [-0.4, -0.2) is 58.8 Å². The molecule has 210 valence electrons. The quantitative estimate of drug-likeness (QED) is 0.457. The van der Waals surface area contributed by atoms with Crippen molar-refractivity contribution in [2.45, 2.75) is 90.3 Å². The van der Waals surface area contributed by atoms with Crippen LogP contribution in [0.4, 0.5) is 4.79 Å². The number of ether oxygens (including phenoxy) is 2. The van der Waals surface area contributed by atoms with Crippen LogP contribution in [0.5, 0.6) is 5.88 Å². The molecule has 0 saturated heterocycles. The normalized spacial score (nSPS) is 18.0. The van der Waals surface area contributed by atoms with Gasteiger partial charge in [-0.15, -0.1) is 0 Å². The highest BCUT2D eigenvalue weighted by Gasteiger charge is 2.43. The van der Waals surface area contributed by atoms with Crippen molar-refractivity contribution in [1.82, 2.24) is 24.8 Å². The average Bonchev–Trinajstić information content (AvgIpc) is 2.81. The zero-order valence-electron chi connectivity index (χ0n) is 24.3. The second-order valence-corrected chi connectivity index (χ2v) is 17.3. The minimum atomic E-state index is -2.19. The predicted molar refractivity (Wildman–Crippen MR) is 152 cm³/mol. The first kappa shape index (κ1) is 28.7. The first-order valence-corrected chi connectivity index (χ1v) is 16.1. The highest BCUT2D eigenvalue weighted by molar-refractivity contribution is 6.74. The fraction of sp³-hybridized carbons (Fsp3) is 0.536. The summed E-state index contributed by atoms with van der Waals surface area (Å²) in [5.74, 6) is 0.383. The van der Waals surface area contributed by atoms with Crippen LogP contribution < -0.4 is 15.6 Å². The van der Waals surface area contributed by atoms with Crippen molar-refractivity contribution in [3.8, 4) is 11.6 Å². The van der Waals surface area contributed by atoms with Crippen LogP contribution in [0.25, 0.3) is 16.9 Å². The topological polar surface area (TPSA) is 117 Å². The lowest BCUT2D eigenvalue weighted by Gasteiger charge is -2.43. The van der Waals surface area contributed by atoms with Gasteiger partial charge < -0.3 is 19.2 Å². The van der Waals surface area contributed by atoms with Gasteiger partial charge in [0.15, 0.2) is 14.0 Å². The molecule has 0 unspecified atom stereocenters. The molecule has 10 nitrogen and oxygen atoms in total. The Morgan fingerprint density at radius 3 is 2.44 bits per heavy atom. The van der Waals surface area contributed by atoms with E-state index >= 15 is 0 Å². The van der Waals surface area contributed by atoms with E-state index in [9.17, 15) is 9.59 Å². The lowest BCUT2D eigenvalue weighted by atomic mass is 9.89. The van der Waals surface area contributed by atoms with Gasteiger partial charge in [-0.25, -0.2) is 9.78 Å². The summed E-state index contributed by atoms with van der Waals surface area (Å²) in [6.45, 7) is 16.5. The molecule has 39 heavy (non-hydrogen) atoms. The number of methoxy groups -OCH3 is 1. The summed E-state index contributed by atoms with van der Waals surface area (Å²) >= 11 is 0. The smallest absolute Gasteiger partial charge is 0.407 e. The molecule has 3 aromatic rings. The van der Waals surface area contributed by atoms with Gasteiger partial charge >= 0.3 is 6.09 Å². The second kappa shape index (κ2) is 10.3. The molecule has 0 aliphatic heterocycles. The number of carbonyl (C=O) groups excluding carboxylic acids is 1. The van der Waals surface area contributed by atoms with Crippen molar-refractivity contribution < 1.29 is 18.7 Å². The highest BCUT2D eigenvalue weighted by Crippen LogP contribution is 2.39. The summed E-state index contributed by atoms with van der Waals surface area (Å²) in [4.78, 5) is 39.1. The van der Waals surface area contributed by atoms with Crippen molar-refractivity contribution in [3.63, 3.8) is 0 Å². The number of fused-ring (bicyclic) bond motifs is 2. The standard InChI is InChI=1S/C28H39N5O5Si/c1-27(2,3)37-26(35)31-21-14-20-17(13-22(21)38-39(8,9)28(4,5)6)12-18(15-29-20)33-24(34)16-30-19-10-11-23(36-7)32-25(19)33/h10-12,15-16,21-22H,13-14H2,1-9H3,(H,31,35)/t21-,22-/m0/s1. The Morgan fingerprint density at radius 2 is 1.79 bits per heavy atom. The van der Waals surface area contributed by atoms with Crippen molar-refractivity contribution in [2.24, 2.45) is 0 Å². The molecule has 1 N–H and O–H groups in total. The van der Waals surface area contributed by atoms with E-state index in [1.807, 2.05) is 26.8 Å². The molecule has 1 amide bonds. The van der Waals surface area contributed by atoms with Gasteiger partial charge in [0, 0.05) is 24.6 Å². The monoisotopic (exact) mass is 553 g/mol. The van der Waals surface area contributed by atoms with Crippen LogP contribution in [0.2, 0.25) is 18.1 Å². The van der Waals surface area contributed by atoms with Gasteiger partial charge in [-0.05, 0) is 56.6 Å². The molecule has 0 saturated carbocycles. The van der Waals surface area contributed by atoms with E-state index < -0.39 is 20.0 Å². The van der Waals surface area contributed by atoms with E-state index in [0.29, 0.717) is 35.6 Å². The number of carbonyl (C=O) groups is 1.